The molecular formula is C47H29N3O. The fourth-order valence-electron chi connectivity index (χ4n) is 7.26. The van der Waals surface area contributed by atoms with Crippen LogP contribution in [0.25, 0.3) is 99.9 Å². The largest absolute Gasteiger partial charge is 0.455 e. The van der Waals surface area contributed by atoms with E-state index < -0.39 is 0 Å². The summed E-state index contributed by atoms with van der Waals surface area (Å²) in [6.45, 7) is 0. The van der Waals surface area contributed by atoms with Crippen LogP contribution in [0.4, 0.5) is 0 Å². The number of hydrogen-bond donors (Lipinski definition) is 0. The zero-order valence-electron chi connectivity index (χ0n) is 27.5. The van der Waals surface area contributed by atoms with Crippen molar-refractivity contribution in [1.82, 2.24) is 15.0 Å². The highest BCUT2D eigenvalue weighted by atomic mass is 16.3. The summed E-state index contributed by atoms with van der Waals surface area (Å²) in [5.41, 5.74) is 8.87. The molecule has 238 valence electrons. The summed E-state index contributed by atoms with van der Waals surface area (Å²) in [7, 11) is 0. The molecular weight excluding hydrogens is 623 g/mol. The highest BCUT2D eigenvalue weighted by molar-refractivity contribution is 6.21. The molecule has 0 radical (unpaired) electrons. The predicted octanol–water partition coefficient (Wildman–Crippen LogP) is 12.4. The normalized spacial score (nSPS) is 11.5. The first-order valence-electron chi connectivity index (χ1n) is 17.1. The standard InChI is InChI=1S/C47H29N3O/c1-3-14-34(15-4-1)45-48-46(35-16-5-2-6-17-35)50-47(49-45)41-29-28-38(42-40-27-26-31-13-8-10-20-39(31)43(40)51-44(41)42)33-24-22-32(23-25-33)37-21-11-18-30-12-7-9-19-36(30)37/h1-29H. The predicted molar refractivity (Wildman–Crippen MR) is 209 cm³/mol. The van der Waals surface area contributed by atoms with Gasteiger partial charge in [0, 0.05) is 27.3 Å². The number of aromatic nitrogens is 3. The smallest absolute Gasteiger partial charge is 0.167 e. The molecule has 2 aromatic heterocycles. The van der Waals surface area contributed by atoms with E-state index >= 15 is 0 Å². The lowest BCUT2D eigenvalue weighted by atomic mass is 9.93. The summed E-state index contributed by atoms with van der Waals surface area (Å²) < 4.78 is 6.95. The first-order chi connectivity index (χ1) is 25.3. The molecule has 2 heterocycles. The SMILES string of the molecule is c1ccc(-c2nc(-c3ccccc3)nc(-c3ccc(-c4ccc(-c5cccc6ccccc56)cc4)c4c3oc3c5ccccc5ccc34)n2)cc1. The fraction of sp³-hybridized carbons (Fsp3) is 0. The molecule has 0 unspecified atom stereocenters. The maximum Gasteiger partial charge on any atom is 0.167 e. The Morgan fingerprint density at radius 1 is 0.294 bits per heavy atom. The van der Waals surface area contributed by atoms with Crippen molar-refractivity contribution in [2.24, 2.45) is 0 Å². The van der Waals surface area contributed by atoms with Crippen molar-refractivity contribution in [1.29, 1.82) is 0 Å². The lowest BCUT2D eigenvalue weighted by molar-refractivity contribution is 0.673. The van der Waals surface area contributed by atoms with E-state index in [0.29, 0.717) is 17.5 Å². The third-order valence-electron chi connectivity index (χ3n) is 9.75. The summed E-state index contributed by atoms with van der Waals surface area (Å²) >= 11 is 0. The third kappa shape index (κ3) is 4.96. The van der Waals surface area contributed by atoms with E-state index in [4.69, 9.17) is 19.4 Å². The number of benzene rings is 8. The lowest BCUT2D eigenvalue weighted by Gasteiger charge is -2.11. The minimum absolute atomic E-state index is 0.564. The van der Waals surface area contributed by atoms with Gasteiger partial charge in [0.05, 0.1) is 5.56 Å². The Morgan fingerprint density at radius 2 is 0.824 bits per heavy atom. The van der Waals surface area contributed by atoms with Gasteiger partial charge >= 0.3 is 0 Å². The third-order valence-corrected chi connectivity index (χ3v) is 9.75. The number of hydrogen-bond acceptors (Lipinski definition) is 4. The molecule has 0 amide bonds. The van der Waals surface area contributed by atoms with Gasteiger partial charge in [-0.3, -0.25) is 0 Å². The number of furan rings is 1. The Bertz CT molecular complexity index is 2830. The maximum absolute atomic E-state index is 6.95. The summed E-state index contributed by atoms with van der Waals surface area (Å²) in [6, 6.07) is 61.1. The van der Waals surface area contributed by atoms with Crippen LogP contribution in [-0.4, -0.2) is 15.0 Å². The Labute approximate surface area is 294 Å². The van der Waals surface area contributed by atoms with E-state index in [-0.39, 0.29) is 0 Å². The van der Waals surface area contributed by atoms with Gasteiger partial charge in [-0.05, 0) is 50.5 Å². The van der Waals surface area contributed by atoms with Crippen molar-refractivity contribution >= 4 is 43.5 Å². The molecule has 10 rings (SSSR count). The van der Waals surface area contributed by atoms with Gasteiger partial charge in [0.15, 0.2) is 17.5 Å². The average molecular weight is 652 g/mol. The molecule has 51 heavy (non-hydrogen) atoms. The lowest BCUT2D eigenvalue weighted by Crippen LogP contribution is -2.00. The van der Waals surface area contributed by atoms with E-state index in [1.807, 2.05) is 60.7 Å². The quantitative estimate of drug-likeness (QED) is 0.186. The van der Waals surface area contributed by atoms with E-state index in [0.717, 1.165) is 60.5 Å². The molecule has 0 aliphatic carbocycles. The number of rotatable bonds is 5. The molecule has 4 nitrogen and oxygen atoms in total. The summed E-state index contributed by atoms with van der Waals surface area (Å²) in [4.78, 5) is 15.1. The highest BCUT2D eigenvalue weighted by Gasteiger charge is 2.22. The van der Waals surface area contributed by atoms with Crippen LogP contribution in [0.3, 0.4) is 0 Å². The zero-order valence-corrected chi connectivity index (χ0v) is 27.5. The van der Waals surface area contributed by atoms with Crippen LogP contribution in [0.1, 0.15) is 0 Å². The van der Waals surface area contributed by atoms with Crippen LogP contribution in [0.2, 0.25) is 0 Å². The van der Waals surface area contributed by atoms with Crippen LogP contribution >= 0.6 is 0 Å². The molecule has 0 aliphatic heterocycles. The molecule has 0 fully saturated rings. The molecule has 8 aromatic carbocycles. The Balaban J connectivity index is 1.21. The van der Waals surface area contributed by atoms with Crippen molar-refractivity contribution < 1.29 is 4.42 Å². The maximum atomic E-state index is 6.95. The Morgan fingerprint density at radius 3 is 1.51 bits per heavy atom. The van der Waals surface area contributed by atoms with Crippen molar-refractivity contribution in [3.63, 3.8) is 0 Å². The summed E-state index contributed by atoms with van der Waals surface area (Å²) in [6.07, 6.45) is 0. The van der Waals surface area contributed by atoms with Gasteiger partial charge in [0.1, 0.15) is 11.2 Å². The zero-order chi connectivity index (χ0) is 33.7. The Kier molecular flexibility index (Phi) is 6.78. The molecule has 10 aromatic rings. The molecule has 4 heteroatoms. The van der Waals surface area contributed by atoms with Crippen LogP contribution in [0.5, 0.6) is 0 Å². The van der Waals surface area contributed by atoms with Gasteiger partial charge in [-0.2, -0.15) is 0 Å². The minimum atomic E-state index is 0.564. The first kappa shape index (κ1) is 29.0. The summed E-state index contributed by atoms with van der Waals surface area (Å²) in [5.74, 6) is 1.79. The van der Waals surface area contributed by atoms with Crippen molar-refractivity contribution in [3.8, 4) is 56.4 Å². The number of nitrogens with zero attached hydrogens (tertiary/aromatic N) is 3. The van der Waals surface area contributed by atoms with Gasteiger partial charge in [-0.25, -0.2) is 15.0 Å². The van der Waals surface area contributed by atoms with Gasteiger partial charge < -0.3 is 4.42 Å². The van der Waals surface area contributed by atoms with Crippen molar-refractivity contribution in [2.75, 3.05) is 0 Å². The van der Waals surface area contributed by atoms with Crippen molar-refractivity contribution in [3.05, 3.63) is 176 Å². The van der Waals surface area contributed by atoms with Gasteiger partial charge in [-0.15, -0.1) is 0 Å². The molecule has 0 saturated carbocycles. The van der Waals surface area contributed by atoms with Gasteiger partial charge in [0.2, 0.25) is 0 Å². The summed E-state index contributed by atoms with van der Waals surface area (Å²) in [5, 5.41) is 6.77. The molecule has 0 bridgehead atoms. The van der Waals surface area contributed by atoms with Gasteiger partial charge in [0.25, 0.3) is 0 Å². The fourth-order valence-corrected chi connectivity index (χ4v) is 7.26. The second-order valence-corrected chi connectivity index (χ2v) is 12.8. The molecule has 0 aliphatic rings. The van der Waals surface area contributed by atoms with E-state index in [9.17, 15) is 0 Å². The molecule has 0 atom stereocenters. The Hall–Kier alpha value is -6.91. The second-order valence-electron chi connectivity index (χ2n) is 12.8. The monoisotopic (exact) mass is 651 g/mol. The van der Waals surface area contributed by atoms with E-state index in [1.165, 1.54) is 21.9 Å². The number of fused-ring (bicyclic) bond motifs is 6. The van der Waals surface area contributed by atoms with E-state index in [1.54, 1.807) is 0 Å². The van der Waals surface area contributed by atoms with Crippen LogP contribution in [0.15, 0.2) is 180 Å². The van der Waals surface area contributed by atoms with Crippen LogP contribution in [0, 0.1) is 0 Å². The van der Waals surface area contributed by atoms with Crippen LogP contribution < -0.4 is 0 Å². The van der Waals surface area contributed by atoms with Crippen LogP contribution in [-0.2, 0) is 0 Å². The van der Waals surface area contributed by atoms with Crippen molar-refractivity contribution in [2.45, 2.75) is 0 Å². The second kappa shape index (κ2) is 11.9. The van der Waals surface area contributed by atoms with Gasteiger partial charge in [-0.1, -0.05) is 164 Å². The minimum Gasteiger partial charge on any atom is -0.455 e. The highest BCUT2D eigenvalue weighted by Crippen LogP contribution is 2.44. The topological polar surface area (TPSA) is 51.8 Å². The molecule has 0 N–H and O–H groups in total. The average Bonchev–Trinajstić information content (AvgIpc) is 3.61. The van der Waals surface area contributed by atoms with E-state index in [2.05, 4.69) is 115 Å². The molecule has 0 spiro atoms. The first-order valence-corrected chi connectivity index (χ1v) is 17.1. The molecule has 0 saturated heterocycles.